The van der Waals surface area contributed by atoms with Gasteiger partial charge in [-0.2, -0.15) is 13.2 Å². The minimum atomic E-state index is -4.58. The number of hydrogen-bond donors (Lipinski definition) is 0. The number of halogens is 6. The largest absolute Gasteiger partial charge is 0.495 e. The van der Waals surface area contributed by atoms with E-state index in [-0.39, 0.29) is 27.1 Å². The van der Waals surface area contributed by atoms with Gasteiger partial charge in [-0.1, -0.05) is 23.2 Å². The van der Waals surface area contributed by atoms with E-state index in [1.165, 1.54) is 13.2 Å². The second-order valence-corrected chi connectivity index (χ2v) is 4.83. The lowest BCUT2D eigenvalue weighted by atomic mass is 10.1. The van der Waals surface area contributed by atoms with E-state index >= 15 is 0 Å². The minimum absolute atomic E-state index is 0.0294. The van der Waals surface area contributed by atoms with E-state index in [0.29, 0.717) is 12.3 Å². The second-order valence-electron chi connectivity index (χ2n) is 4.02. The van der Waals surface area contributed by atoms with Crippen LogP contribution in [0.25, 0.3) is 11.3 Å². The molecule has 0 spiro atoms. The van der Waals surface area contributed by atoms with Crippen LogP contribution in [0.15, 0.2) is 24.4 Å². The second kappa shape index (κ2) is 5.69. The average molecular weight is 340 g/mol. The van der Waals surface area contributed by atoms with Crippen molar-refractivity contribution in [1.29, 1.82) is 0 Å². The standard InChI is InChI=1S/C13H7Cl2F4NO/c1-21-11-3-7(10(16)4-8(11)14)12-9(15)2-6(5-20-12)13(17,18)19/h2-5H,1H3. The zero-order chi connectivity index (χ0) is 15.8. The molecule has 0 saturated carbocycles. The van der Waals surface area contributed by atoms with Crippen molar-refractivity contribution in [3.63, 3.8) is 0 Å². The highest BCUT2D eigenvalue weighted by molar-refractivity contribution is 6.33. The molecule has 0 amide bonds. The molecule has 8 heteroatoms. The number of alkyl halides is 3. The molecule has 0 aliphatic heterocycles. The smallest absolute Gasteiger partial charge is 0.417 e. The van der Waals surface area contributed by atoms with Crippen LogP contribution in [0.2, 0.25) is 10.0 Å². The highest BCUT2D eigenvalue weighted by Crippen LogP contribution is 2.37. The lowest BCUT2D eigenvalue weighted by Gasteiger charge is -2.11. The Morgan fingerprint density at radius 3 is 2.29 bits per heavy atom. The van der Waals surface area contributed by atoms with Crippen molar-refractivity contribution in [3.05, 3.63) is 45.8 Å². The fourth-order valence-corrected chi connectivity index (χ4v) is 2.15. The normalized spacial score (nSPS) is 11.6. The molecule has 0 atom stereocenters. The molecule has 1 aromatic heterocycles. The first-order valence-electron chi connectivity index (χ1n) is 5.50. The first-order valence-corrected chi connectivity index (χ1v) is 6.25. The predicted molar refractivity (Wildman–Crippen MR) is 71.2 cm³/mol. The number of benzene rings is 1. The van der Waals surface area contributed by atoms with Crippen LogP contribution in [0.5, 0.6) is 5.75 Å². The van der Waals surface area contributed by atoms with Gasteiger partial charge in [0, 0.05) is 11.8 Å². The van der Waals surface area contributed by atoms with E-state index in [2.05, 4.69) is 4.98 Å². The molecule has 0 unspecified atom stereocenters. The molecule has 1 aromatic carbocycles. The van der Waals surface area contributed by atoms with E-state index in [1.54, 1.807) is 0 Å². The zero-order valence-electron chi connectivity index (χ0n) is 10.4. The maximum absolute atomic E-state index is 13.9. The van der Waals surface area contributed by atoms with Crippen LogP contribution >= 0.6 is 23.2 Å². The van der Waals surface area contributed by atoms with Crippen molar-refractivity contribution in [2.45, 2.75) is 6.18 Å². The zero-order valence-corrected chi connectivity index (χ0v) is 11.9. The van der Waals surface area contributed by atoms with Gasteiger partial charge in [0.2, 0.25) is 0 Å². The minimum Gasteiger partial charge on any atom is -0.495 e. The number of hydrogen-bond acceptors (Lipinski definition) is 2. The Morgan fingerprint density at radius 1 is 1.10 bits per heavy atom. The fraction of sp³-hybridized carbons (Fsp3) is 0.154. The van der Waals surface area contributed by atoms with E-state index < -0.39 is 17.6 Å². The molecule has 2 rings (SSSR count). The molecule has 1 heterocycles. The summed E-state index contributed by atoms with van der Waals surface area (Å²) in [5.74, 6) is -0.610. The van der Waals surface area contributed by atoms with Gasteiger partial charge >= 0.3 is 6.18 Å². The SMILES string of the molecule is COc1cc(-c2ncc(C(F)(F)F)cc2Cl)c(F)cc1Cl. The molecule has 0 radical (unpaired) electrons. The number of ether oxygens (including phenoxy) is 1. The van der Waals surface area contributed by atoms with E-state index in [0.717, 1.165) is 6.07 Å². The third-order valence-corrected chi connectivity index (χ3v) is 3.25. The summed E-state index contributed by atoms with van der Waals surface area (Å²) in [6, 6.07) is 2.88. The molecule has 0 aliphatic carbocycles. The van der Waals surface area contributed by atoms with Crippen LogP contribution in [0, 0.1) is 5.82 Å². The highest BCUT2D eigenvalue weighted by atomic mass is 35.5. The molecular weight excluding hydrogens is 333 g/mol. The van der Waals surface area contributed by atoms with Gasteiger partial charge in [-0.25, -0.2) is 4.39 Å². The Kier molecular flexibility index (Phi) is 4.30. The van der Waals surface area contributed by atoms with Gasteiger partial charge in [0.1, 0.15) is 11.6 Å². The third-order valence-electron chi connectivity index (χ3n) is 2.67. The summed E-state index contributed by atoms with van der Waals surface area (Å²) in [6.45, 7) is 0. The van der Waals surface area contributed by atoms with Crippen molar-refractivity contribution < 1.29 is 22.3 Å². The van der Waals surface area contributed by atoms with Crippen LogP contribution < -0.4 is 4.74 Å². The highest BCUT2D eigenvalue weighted by Gasteiger charge is 2.32. The van der Waals surface area contributed by atoms with Crippen molar-refractivity contribution >= 4 is 23.2 Å². The summed E-state index contributed by atoms with van der Waals surface area (Å²) in [6.07, 6.45) is -3.99. The molecule has 112 valence electrons. The lowest BCUT2D eigenvalue weighted by molar-refractivity contribution is -0.137. The van der Waals surface area contributed by atoms with Gasteiger partial charge in [-0.05, 0) is 18.2 Å². The van der Waals surface area contributed by atoms with E-state index in [4.69, 9.17) is 27.9 Å². The molecule has 2 aromatic rings. The van der Waals surface area contributed by atoms with Crippen molar-refractivity contribution in [2.24, 2.45) is 0 Å². The molecular formula is C13H7Cl2F4NO. The van der Waals surface area contributed by atoms with Crippen LogP contribution in [-0.2, 0) is 6.18 Å². The predicted octanol–water partition coefficient (Wildman–Crippen LogP) is 5.22. The molecule has 0 bridgehead atoms. The Hall–Kier alpha value is -1.53. The maximum atomic E-state index is 13.9. The van der Waals surface area contributed by atoms with Gasteiger partial charge in [0.25, 0.3) is 0 Å². The molecule has 2 nitrogen and oxygen atoms in total. The molecule has 0 fully saturated rings. The fourth-order valence-electron chi connectivity index (χ4n) is 1.66. The summed E-state index contributed by atoms with van der Waals surface area (Å²) in [5, 5.41) is -0.296. The van der Waals surface area contributed by atoms with E-state index in [1.807, 2.05) is 0 Å². The number of pyridine rings is 1. The van der Waals surface area contributed by atoms with Crippen LogP contribution in [0.1, 0.15) is 5.56 Å². The monoisotopic (exact) mass is 339 g/mol. The third kappa shape index (κ3) is 3.22. The molecule has 0 aliphatic rings. The number of aromatic nitrogens is 1. The van der Waals surface area contributed by atoms with Crippen molar-refractivity contribution in [2.75, 3.05) is 7.11 Å². The Bertz CT molecular complexity index is 689. The lowest BCUT2D eigenvalue weighted by Crippen LogP contribution is -2.06. The first kappa shape index (κ1) is 15.9. The van der Waals surface area contributed by atoms with Gasteiger partial charge in [-0.3, -0.25) is 4.98 Å². The molecule has 0 saturated heterocycles. The van der Waals surface area contributed by atoms with Gasteiger partial charge in [0.15, 0.2) is 0 Å². The van der Waals surface area contributed by atoms with Crippen LogP contribution in [0.3, 0.4) is 0 Å². The Balaban J connectivity index is 2.58. The summed E-state index contributed by atoms with van der Waals surface area (Å²) >= 11 is 11.5. The number of methoxy groups -OCH3 is 1. The Morgan fingerprint density at radius 2 is 1.76 bits per heavy atom. The van der Waals surface area contributed by atoms with Gasteiger partial charge in [-0.15, -0.1) is 0 Å². The first-order chi connectivity index (χ1) is 9.74. The van der Waals surface area contributed by atoms with Crippen molar-refractivity contribution in [3.8, 4) is 17.0 Å². The average Bonchev–Trinajstić information content (AvgIpc) is 2.38. The van der Waals surface area contributed by atoms with Crippen LogP contribution in [-0.4, -0.2) is 12.1 Å². The van der Waals surface area contributed by atoms with E-state index in [9.17, 15) is 17.6 Å². The summed E-state index contributed by atoms with van der Waals surface area (Å²) in [5.41, 5.74) is -1.25. The molecule has 0 N–H and O–H groups in total. The topological polar surface area (TPSA) is 22.1 Å². The quantitative estimate of drug-likeness (QED) is 0.699. The summed E-state index contributed by atoms with van der Waals surface area (Å²) in [4.78, 5) is 3.59. The van der Waals surface area contributed by atoms with Crippen LogP contribution in [0.4, 0.5) is 17.6 Å². The molecule has 21 heavy (non-hydrogen) atoms. The Labute approximate surface area is 127 Å². The van der Waals surface area contributed by atoms with Gasteiger partial charge < -0.3 is 4.74 Å². The summed E-state index contributed by atoms with van der Waals surface area (Å²) < 4.78 is 56.5. The van der Waals surface area contributed by atoms with Gasteiger partial charge in [0.05, 0.1) is 28.4 Å². The maximum Gasteiger partial charge on any atom is 0.417 e. The summed E-state index contributed by atoms with van der Waals surface area (Å²) in [7, 11) is 1.32. The number of rotatable bonds is 2. The van der Waals surface area contributed by atoms with Crippen molar-refractivity contribution in [1.82, 2.24) is 4.98 Å². The number of nitrogens with zero attached hydrogens (tertiary/aromatic N) is 1.